The van der Waals surface area contributed by atoms with Crippen LogP contribution in [0.15, 0.2) is 53.3 Å². The molecule has 1 saturated heterocycles. The molecule has 4 rings (SSSR count). The van der Waals surface area contributed by atoms with Crippen LogP contribution in [-0.2, 0) is 11.3 Å². The Morgan fingerprint density at radius 1 is 1.18 bits per heavy atom. The Morgan fingerprint density at radius 2 is 1.91 bits per heavy atom. The topological polar surface area (TPSA) is 86.4 Å². The second-order valence-electron chi connectivity index (χ2n) is 8.69. The normalized spacial score (nSPS) is 16.2. The lowest BCUT2D eigenvalue weighted by Crippen LogP contribution is -2.48. The van der Waals surface area contributed by atoms with Crippen LogP contribution in [0.2, 0.25) is 0 Å². The number of para-hydroxylation sites is 1. The van der Waals surface area contributed by atoms with Gasteiger partial charge < -0.3 is 14.8 Å². The molecule has 8 heteroatoms. The van der Waals surface area contributed by atoms with Gasteiger partial charge in [-0.2, -0.15) is 0 Å². The van der Waals surface area contributed by atoms with E-state index < -0.39 is 5.82 Å². The van der Waals surface area contributed by atoms with E-state index in [0.717, 1.165) is 0 Å². The van der Waals surface area contributed by atoms with Crippen molar-refractivity contribution in [1.82, 2.24) is 19.8 Å². The Hall–Kier alpha value is -3.55. The highest BCUT2D eigenvalue weighted by molar-refractivity contribution is 5.94. The highest BCUT2D eigenvalue weighted by Gasteiger charge is 2.33. The summed E-state index contributed by atoms with van der Waals surface area (Å²) in [7, 11) is 0. The quantitative estimate of drug-likeness (QED) is 0.646. The maximum Gasteiger partial charge on any atom is 0.258 e. The van der Waals surface area contributed by atoms with Crippen LogP contribution in [-0.4, -0.2) is 50.7 Å². The molecule has 1 atom stereocenters. The third-order valence-corrected chi connectivity index (χ3v) is 6.04. The molecule has 1 fully saturated rings. The van der Waals surface area contributed by atoms with Gasteiger partial charge in [0.1, 0.15) is 11.6 Å². The number of hydrogen-bond acceptors (Lipinski definition) is 4. The number of benzene rings is 2. The minimum atomic E-state index is -0.397. The number of hydrogen-bond donors (Lipinski definition) is 1. The van der Waals surface area contributed by atoms with Crippen molar-refractivity contribution in [2.45, 2.75) is 39.3 Å². The fourth-order valence-corrected chi connectivity index (χ4v) is 4.26. The van der Waals surface area contributed by atoms with E-state index in [9.17, 15) is 18.8 Å². The predicted octanol–water partition coefficient (Wildman–Crippen LogP) is 3.35. The van der Waals surface area contributed by atoms with Crippen molar-refractivity contribution in [1.29, 1.82) is 0 Å². The molecule has 7 nitrogen and oxygen atoms in total. The van der Waals surface area contributed by atoms with Crippen LogP contribution in [0.4, 0.5) is 4.39 Å². The number of likely N-dealkylation sites (tertiary alicyclic amines) is 1. The summed E-state index contributed by atoms with van der Waals surface area (Å²) < 4.78 is 13.2. The highest BCUT2D eigenvalue weighted by Crippen LogP contribution is 2.23. The monoisotopic (exact) mass is 450 g/mol. The number of piperidine rings is 1. The minimum absolute atomic E-state index is 0.0718. The molecular weight excluding hydrogens is 423 g/mol. The smallest absolute Gasteiger partial charge is 0.258 e. The maximum absolute atomic E-state index is 13.5. The second-order valence-corrected chi connectivity index (χ2v) is 8.69. The van der Waals surface area contributed by atoms with Gasteiger partial charge in [0.25, 0.3) is 11.5 Å². The summed E-state index contributed by atoms with van der Waals surface area (Å²) in [6, 6.07) is 12.4. The summed E-state index contributed by atoms with van der Waals surface area (Å²) >= 11 is 0. The SMILES string of the molecule is CC(C)N(Cc1nc2ccccc2c(=O)[nH]1)C(=O)C1CCCN(C(=O)c2ccc(F)cc2)C1. The number of nitrogens with zero attached hydrogens (tertiary/aromatic N) is 3. The van der Waals surface area contributed by atoms with E-state index in [1.54, 1.807) is 28.0 Å². The van der Waals surface area contributed by atoms with Crippen LogP contribution in [0.3, 0.4) is 0 Å². The van der Waals surface area contributed by atoms with Crippen LogP contribution >= 0.6 is 0 Å². The first-order valence-electron chi connectivity index (χ1n) is 11.2. The first-order chi connectivity index (χ1) is 15.8. The lowest BCUT2D eigenvalue weighted by atomic mass is 9.95. The fraction of sp³-hybridized carbons (Fsp3) is 0.360. The molecular formula is C25H27FN4O3. The van der Waals surface area contributed by atoms with Gasteiger partial charge in [-0.1, -0.05) is 12.1 Å². The van der Waals surface area contributed by atoms with Gasteiger partial charge >= 0.3 is 0 Å². The molecule has 1 aliphatic rings. The molecule has 1 N–H and O–H groups in total. The Morgan fingerprint density at radius 3 is 2.64 bits per heavy atom. The molecule has 0 bridgehead atoms. The van der Waals surface area contributed by atoms with E-state index in [0.29, 0.717) is 48.2 Å². The highest BCUT2D eigenvalue weighted by atomic mass is 19.1. The minimum Gasteiger partial charge on any atom is -0.338 e. The summed E-state index contributed by atoms with van der Waals surface area (Å²) in [5.41, 5.74) is 0.754. The van der Waals surface area contributed by atoms with E-state index in [1.807, 2.05) is 19.9 Å². The second kappa shape index (κ2) is 9.52. The summed E-state index contributed by atoms with van der Waals surface area (Å²) in [6.45, 7) is 4.88. The first-order valence-corrected chi connectivity index (χ1v) is 11.2. The molecule has 0 spiro atoms. The van der Waals surface area contributed by atoms with E-state index in [-0.39, 0.29) is 35.9 Å². The summed E-state index contributed by atoms with van der Waals surface area (Å²) in [6.07, 6.45) is 1.39. The van der Waals surface area contributed by atoms with E-state index in [4.69, 9.17) is 0 Å². The molecule has 0 radical (unpaired) electrons. The van der Waals surface area contributed by atoms with Gasteiger partial charge in [0.05, 0.1) is 23.4 Å². The van der Waals surface area contributed by atoms with Crippen molar-refractivity contribution in [2.75, 3.05) is 13.1 Å². The first kappa shape index (κ1) is 22.6. The van der Waals surface area contributed by atoms with Crippen molar-refractivity contribution in [3.05, 3.63) is 76.1 Å². The predicted molar refractivity (Wildman–Crippen MR) is 123 cm³/mol. The van der Waals surface area contributed by atoms with Crippen molar-refractivity contribution in [3.63, 3.8) is 0 Å². The number of carbonyl (C=O) groups excluding carboxylic acids is 2. The summed E-state index contributed by atoms with van der Waals surface area (Å²) in [4.78, 5) is 49.4. The lowest BCUT2D eigenvalue weighted by Gasteiger charge is -2.36. The van der Waals surface area contributed by atoms with Gasteiger partial charge in [0, 0.05) is 24.7 Å². The largest absolute Gasteiger partial charge is 0.338 e. The molecule has 0 saturated carbocycles. The van der Waals surface area contributed by atoms with Gasteiger partial charge in [0.15, 0.2) is 0 Å². The number of aromatic amines is 1. The Labute approximate surface area is 191 Å². The Kier molecular flexibility index (Phi) is 6.53. The third-order valence-electron chi connectivity index (χ3n) is 6.04. The molecule has 1 aliphatic heterocycles. The van der Waals surface area contributed by atoms with Crippen LogP contribution in [0, 0.1) is 11.7 Å². The average molecular weight is 451 g/mol. The van der Waals surface area contributed by atoms with Crippen LogP contribution in [0.1, 0.15) is 42.9 Å². The van der Waals surface area contributed by atoms with Gasteiger partial charge in [-0.05, 0) is 63.1 Å². The zero-order valence-corrected chi connectivity index (χ0v) is 18.8. The maximum atomic E-state index is 13.5. The average Bonchev–Trinajstić information content (AvgIpc) is 2.82. The summed E-state index contributed by atoms with van der Waals surface area (Å²) in [5.74, 6) is -0.596. The number of H-pyrrole nitrogens is 1. The van der Waals surface area contributed by atoms with Crippen molar-refractivity contribution < 1.29 is 14.0 Å². The molecule has 172 valence electrons. The molecule has 2 amide bonds. The molecule has 2 heterocycles. The van der Waals surface area contributed by atoms with Crippen molar-refractivity contribution in [2.24, 2.45) is 5.92 Å². The fourth-order valence-electron chi connectivity index (χ4n) is 4.26. The molecule has 1 aromatic heterocycles. The van der Waals surface area contributed by atoms with Crippen molar-refractivity contribution in [3.8, 4) is 0 Å². The van der Waals surface area contributed by atoms with Gasteiger partial charge in [-0.3, -0.25) is 14.4 Å². The third kappa shape index (κ3) is 4.94. The van der Waals surface area contributed by atoms with Gasteiger partial charge in [-0.25, -0.2) is 9.37 Å². The number of fused-ring (bicyclic) bond motifs is 1. The van der Waals surface area contributed by atoms with Crippen LogP contribution in [0.25, 0.3) is 10.9 Å². The standard InChI is InChI=1S/C25H27FN4O3/c1-16(2)30(15-22-27-21-8-4-3-7-20(21)23(31)28-22)25(33)18-6-5-13-29(14-18)24(32)17-9-11-19(26)12-10-17/h3-4,7-12,16,18H,5-6,13-15H2,1-2H3,(H,27,28,31). The Bertz CT molecular complexity index is 1220. The zero-order valence-electron chi connectivity index (χ0n) is 18.8. The van der Waals surface area contributed by atoms with Crippen LogP contribution in [0.5, 0.6) is 0 Å². The van der Waals surface area contributed by atoms with E-state index in [2.05, 4.69) is 9.97 Å². The number of amides is 2. The molecule has 0 aliphatic carbocycles. The number of halogens is 1. The van der Waals surface area contributed by atoms with E-state index in [1.165, 1.54) is 24.3 Å². The zero-order chi connectivity index (χ0) is 23.5. The molecule has 3 aromatic rings. The number of carbonyl (C=O) groups is 2. The van der Waals surface area contributed by atoms with Gasteiger partial charge in [0.2, 0.25) is 5.91 Å². The van der Waals surface area contributed by atoms with Crippen LogP contribution < -0.4 is 5.56 Å². The molecule has 2 aromatic carbocycles. The number of aromatic nitrogens is 2. The van der Waals surface area contributed by atoms with E-state index >= 15 is 0 Å². The Balaban J connectivity index is 1.51. The number of nitrogens with one attached hydrogen (secondary N) is 1. The number of rotatable bonds is 5. The van der Waals surface area contributed by atoms with Gasteiger partial charge in [-0.15, -0.1) is 0 Å². The molecule has 1 unspecified atom stereocenters. The van der Waals surface area contributed by atoms with Crippen molar-refractivity contribution >= 4 is 22.7 Å². The lowest BCUT2D eigenvalue weighted by molar-refractivity contribution is -0.139. The summed E-state index contributed by atoms with van der Waals surface area (Å²) in [5, 5.41) is 0.505. The molecule has 33 heavy (non-hydrogen) atoms.